The Morgan fingerprint density at radius 2 is 1.44 bits per heavy atom. The van der Waals surface area contributed by atoms with E-state index in [0.29, 0.717) is 6.07 Å². The molecule has 3 heterocycles. The second-order valence-electron chi connectivity index (χ2n) is 5.49. The maximum Gasteiger partial charge on any atom is 0.435 e. The Labute approximate surface area is 148 Å². The Balaban J connectivity index is 1.91. The maximum absolute atomic E-state index is 12.8. The molecule has 0 radical (unpaired) electrons. The van der Waals surface area contributed by atoms with Gasteiger partial charge >= 0.3 is 12.4 Å². The molecule has 0 bridgehead atoms. The van der Waals surface area contributed by atoms with Crippen molar-refractivity contribution in [1.29, 1.82) is 0 Å². The van der Waals surface area contributed by atoms with Crippen LogP contribution in [0.4, 0.5) is 26.3 Å². The van der Waals surface area contributed by atoms with E-state index in [1.165, 1.54) is 32.3 Å². The number of alkyl halides is 6. The lowest BCUT2D eigenvalue weighted by Crippen LogP contribution is -2.06. The van der Waals surface area contributed by atoms with Crippen LogP contribution < -0.4 is 4.74 Å². The molecule has 27 heavy (non-hydrogen) atoms. The monoisotopic (exact) mass is 391 g/mol. The van der Waals surface area contributed by atoms with Crippen LogP contribution in [0.3, 0.4) is 0 Å². The molecule has 0 aliphatic carbocycles. The molecule has 0 spiro atoms. The molecule has 3 aromatic heterocycles. The summed E-state index contributed by atoms with van der Waals surface area (Å²) in [6, 6.07) is 5.73. The van der Waals surface area contributed by atoms with Crippen molar-refractivity contribution >= 4 is 0 Å². The minimum Gasteiger partial charge on any atom is -0.421 e. The van der Waals surface area contributed by atoms with Crippen molar-refractivity contribution in [2.24, 2.45) is 14.1 Å². The highest BCUT2D eigenvalue weighted by Crippen LogP contribution is 2.33. The van der Waals surface area contributed by atoms with E-state index in [9.17, 15) is 26.3 Å². The first kappa shape index (κ1) is 18.7. The van der Waals surface area contributed by atoms with E-state index in [1.807, 2.05) is 0 Å². The number of aromatic nitrogens is 5. The molecule has 3 aromatic rings. The zero-order valence-corrected chi connectivity index (χ0v) is 13.8. The number of rotatable bonds is 3. The SMILES string of the molecule is Cn1nc(C(F)(F)F)cc1Oc1cccc(-c2cc(C(F)(F)F)nn2C)n1. The average molecular weight is 391 g/mol. The zero-order chi connectivity index (χ0) is 20.0. The number of hydrogen-bond acceptors (Lipinski definition) is 4. The number of ether oxygens (including phenoxy) is 1. The van der Waals surface area contributed by atoms with Gasteiger partial charge in [0.2, 0.25) is 11.8 Å². The highest BCUT2D eigenvalue weighted by molar-refractivity contribution is 5.56. The first-order valence-corrected chi connectivity index (χ1v) is 7.33. The fourth-order valence-corrected chi connectivity index (χ4v) is 2.25. The number of pyridine rings is 1. The van der Waals surface area contributed by atoms with Crippen LogP contribution in [-0.2, 0) is 26.4 Å². The molecule has 0 fully saturated rings. The van der Waals surface area contributed by atoms with Crippen molar-refractivity contribution < 1.29 is 31.1 Å². The van der Waals surface area contributed by atoms with Gasteiger partial charge in [0.25, 0.3) is 0 Å². The second-order valence-corrected chi connectivity index (χ2v) is 5.49. The molecule has 12 heteroatoms. The highest BCUT2D eigenvalue weighted by Gasteiger charge is 2.36. The summed E-state index contributed by atoms with van der Waals surface area (Å²) in [5, 5.41) is 6.69. The van der Waals surface area contributed by atoms with Gasteiger partial charge in [0.1, 0.15) is 0 Å². The summed E-state index contributed by atoms with van der Waals surface area (Å²) in [5.41, 5.74) is -2.06. The van der Waals surface area contributed by atoms with Crippen molar-refractivity contribution in [2.45, 2.75) is 12.4 Å². The maximum atomic E-state index is 12.8. The summed E-state index contributed by atoms with van der Waals surface area (Å²) in [5.74, 6) is -0.341. The van der Waals surface area contributed by atoms with Crippen LogP contribution in [0.25, 0.3) is 11.4 Å². The van der Waals surface area contributed by atoms with Crippen LogP contribution in [-0.4, -0.2) is 24.5 Å². The number of hydrogen-bond donors (Lipinski definition) is 0. The van der Waals surface area contributed by atoms with Gasteiger partial charge in [-0.15, -0.1) is 0 Å². The van der Waals surface area contributed by atoms with Crippen molar-refractivity contribution in [1.82, 2.24) is 24.5 Å². The molecule has 0 aliphatic rings. The number of nitrogens with zero attached hydrogens (tertiary/aromatic N) is 5. The molecule has 6 nitrogen and oxygen atoms in total. The van der Waals surface area contributed by atoms with E-state index in [4.69, 9.17) is 4.74 Å². The van der Waals surface area contributed by atoms with Gasteiger partial charge in [0.15, 0.2) is 11.4 Å². The second kappa shape index (κ2) is 6.28. The lowest BCUT2D eigenvalue weighted by Gasteiger charge is -2.06. The van der Waals surface area contributed by atoms with Crippen LogP contribution in [0.2, 0.25) is 0 Å². The zero-order valence-electron chi connectivity index (χ0n) is 13.8. The van der Waals surface area contributed by atoms with Crippen LogP contribution in [0.5, 0.6) is 11.8 Å². The third-order valence-corrected chi connectivity index (χ3v) is 3.49. The molecule has 0 unspecified atom stereocenters. The van der Waals surface area contributed by atoms with Crippen LogP contribution in [0, 0.1) is 0 Å². The molecule has 0 amide bonds. The Kier molecular flexibility index (Phi) is 4.36. The molecule has 0 N–H and O–H groups in total. The van der Waals surface area contributed by atoms with Gasteiger partial charge in [0, 0.05) is 26.2 Å². The summed E-state index contributed by atoms with van der Waals surface area (Å²) in [7, 11) is 2.57. The smallest absolute Gasteiger partial charge is 0.421 e. The third-order valence-electron chi connectivity index (χ3n) is 3.49. The standard InChI is InChI=1S/C15H11F6N5O/c1-25-9(6-10(23-25)14(16,17)18)8-4-3-5-12(22-8)27-13-7-11(15(19,20)21)24-26(13)2/h3-7H,1-2H3. The molecular formula is C15H11F6N5O. The minimum absolute atomic E-state index is 0.0637. The molecule has 144 valence electrons. The van der Waals surface area contributed by atoms with Crippen molar-refractivity contribution in [3.63, 3.8) is 0 Å². The van der Waals surface area contributed by atoms with E-state index >= 15 is 0 Å². The van der Waals surface area contributed by atoms with E-state index in [1.54, 1.807) is 0 Å². The van der Waals surface area contributed by atoms with Gasteiger partial charge in [-0.1, -0.05) is 6.07 Å². The minimum atomic E-state index is -4.64. The van der Waals surface area contributed by atoms with Gasteiger partial charge in [-0.05, 0) is 12.1 Å². The van der Waals surface area contributed by atoms with Gasteiger partial charge in [-0.2, -0.15) is 36.5 Å². The molecule has 0 aromatic carbocycles. The van der Waals surface area contributed by atoms with Crippen LogP contribution >= 0.6 is 0 Å². The fraction of sp³-hybridized carbons (Fsp3) is 0.267. The van der Waals surface area contributed by atoms with E-state index < -0.39 is 23.7 Å². The predicted molar refractivity (Wildman–Crippen MR) is 79.7 cm³/mol. The Morgan fingerprint density at radius 3 is 2.00 bits per heavy atom. The summed E-state index contributed by atoms with van der Waals surface area (Å²) in [6.07, 6.45) is -9.26. The summed E-state index contributed by atoms with van der Waals surface area (Å²) < 4.78 is 83.6. The van der Waals surface area contributed by atoms with Gasteiger partial charge in [-0.25, -0.2) is 9.67 Å². The third kappa shape index (κ3) is 3.88. The number of halogens is 6. The lowest BCUT2D eigenvalue weighted by atomic mass is 10.2. The molecule has 0 aliphatic heterocycles. The first-order chi connectivity index (χ1) is 12.4. The Hall–Kier alpha value is -3.05. The summed E-state index contributed by atoms with van der Waals surface area (Å²) in [4.78, 5) is 4.03. The average Bonchev–Trinajstić information content (AvgIpc) is 3.11. The van der Waals surface area contributed by atoms with Crippen molar-refractivity contribution in [2.75, 3.05) is 0 Å². The van der Waals surface area contributed by atoms with E-state index in [0.717, 1.165) is 15.4 Å². The lowest BCUT2D eigenvalue weighted by molar-refractivity contribution is -0.142. The topological polar surface area (TPSA) is 57.8 Å². The summed E-state index contributed by atoms with van der Waals surface area (Å²) in [6.45, 7) is 0. The van der Waals surface area contributed by atoms with Gasteiger partial charge in [-0.3, -0.25) is 4.68 Å². The fourth-order valence-electron chi connectivity index (χ4n) is 2.25. The largest absolute Gasteiger partial charge is 0.435 e. The molecule has 0 saturated carbocycles. The van der Waals surface area contributed by atoms with Crippen LogP contribution in [0.1, 0.15) is 11.4 Å². The quantitative estimate of drug-likeness (QED) is 0.633. The predicted octanol–water partition coefficient (Wildman–Crippen LogP) is 4.05. The Morgan fingerprint density at radius 1 is 0.852 bits per heavy atom. The van der Waals surface area contributed by atoms with Crippen LogP contribution in [0.15, 0.2) is 30.3 Å². The molecule has 0 atom stereocenters. The molecule has 3 rings (SSSR count). The van der Waals surface area contributed by atoms with Gasteiger partial charge in [0.05, 0.1) is 11.4 Å². The number of aryl methyl sites for hydroxylation is 2. The first-order valence-electron chi connectivity index (χ1n) is 7.33. The molecule has 0 saturated heterocycles. The Bertz CT molecular complexity index is 972. The van der Waals surface area contributed by atoms with Crippen molar-refractivity contribution in [3.05, 3.63) is 41.7 Å². The van der Waals surface area contributed by atoms with E-state index in [-0.39, 0.29) is 23.1 Å². The van der Waals surface area contributed by atoms with Crippen molar-refractivity contribution in [3.8, 4) is 23.1 Å². The van der Waals surface area contributed by atoms with E-state index in [2.05, 4.69) is 15.2 Å². The van der Waals surface area contributed by atoms with Gasteiger partial charge < -0.3 is 4.74 Å². The summed E-state index contributed by atoms with van der Waals surface area (Å²) >= 11 is 0. The highest BCUT2D eigenvalue weighted by atomic mass is 19.4. The molecular weight excluding hydrogens is 380 g/mol. The normalized spacial score (nSPS) is 12.4.